The Morgan fingerprint density at radius 2 is 1.63 bits per heavy atom. The van der Waals surface area contributed by atoms with Gasteiger partial charge in [-0.15, -0.1) is 11.3 Å². The van der Waals surface area contributed by atoms with Crippen molar-refractivity contribution in [2.75, 3.05) is 26.2 Å². The van der Waals surface area contributed by atoms with Gasteiger partial charge < -0.3 is 4.90 Å². The summed E-state index contributed by atoms with van der Waals surface area (Å²) in [6.07, 6.45) is 0. The molecular weight excluding hydrogens is 380 g/mol. The van der Waals surface area contributed by atoms with Crippen LogP contribution < -0.4 is 0 Å². The number of carbonyl (C=O) groups excluding carboxylic acids is 1. The highest BCUT2D eigenvalue weighted by Gasteiger charge is 2.31. The summed E-state index contributed by atoms with van der Waals surface area (Å²) >= 11 is 1.61. The maximum absolute atomic E-state index is 12.9. The number of rotatable bonds is 4. The first kappa shape index (κ1) is 20.0. The Kier molecular flexibility index (Phi) is 5.74. The summed E-state index contributed by atoms with van der Waals surface area (Å²) in [6.45, 7) is 9.57. The van der Waals surface area contributed by atoms with E-state index in [4.69, 9.17) is 0 Å². The first-order chi connectivity index (χ1) is 12.7. The van der Waals surface area contributed by atoms with Crippen molar-refractivity contribution in [3.8, 4) is 0 Å². The normalized spacial score (nSPS) is 16.1. The number of hydrogen-bond donors (Lipinski definition) is 0. The minimum absolute atomic E-state index is 0.00446. The van der Waals surface area contributed by atoms with E-state index in [2.05, 4.69) is 13.8 Å². The lowest BCUT2D eigenvalue weighted by molar-refractivity contribution is 0.0697. The zero-order valence-corrected chi connectivity index (χ0v) is 17.9. The minimum atomic E-state index is -3.52. The number of aryl methyl sites for hydroxylation is 2. The molecule has 0 spiro atoms. The van der Waals surface area contributed by atoms with Gasteiger partial charge in [-0.05, 0) is 43.5 Å². The van der Waals surface area contributed by atoms with Crippen LogP contribution >= 0.6 is 11.3 Å². The lowest BCUT2D eigenvalue weighted by Gasteiger charge is -2.34. The van der Waals surface area contributed by atoms with Crippen LogP contribution in [0, 0.1) is 13.8 Å². The number of piperazine rings is 1. The summed E-state index contributed by atoms with van der Waals surface area (Å²) in [6, 6.07) is 9.03. The summed E-state index contributed by atoms with van der Waals surface area (Å²) < 4.78 is 27.3. The number of benzene rings is 1. The number of thiophene rings is 1. The van der Waals surface area contributed by atoms with Crippen molar-refractivity contribution in [2.45, 2.75) is 38.5 Å². The number of hydrogen-bond acceptors (Lipinski definition) is 4. The molecule has 0 N–H and O–H groups in total. The van der Waals surface area contributed by atoms with Gasteiger partial charge in [0.2, 0.25) is 10.0 Å². The van der Waals surface area contributed by atoms with E-state index in [1.807, 2.05) is 32.0 Å². The fourth-order valence-electron chi connectivity index (χ4n) is 3.32. The highest BCUT2D eigenvalue weighted by molar-refractivity contribution is 7.89. The van der Waals surface area contributed by atoms with Crippen LogP contribution in [-0.2, 0) is 10.0 Å². The van der Waals surface area contributed by atoms with Crippen LogP contribution in [0.15, 0.2) is 35.2 Å². The zero-order chi connectivity index (χ0) is 19.8. The molecule has 1 saturated heterocycles. The topological polar surface area (TPSA) is 57.7 Å². The van der Waals surface area contributed by atoms with Gasteiger partial charge in [-0.3, -0.25) is 4.79 Å². The SMILES string of the molecule is Cc1cc(C(=O)N2CCN(S(=O)(=O)c3ccc(C(C)C)cc3)CC2)c(C)s1. The van der Waals surface area contributed by atoms with Gasteiger partial charge >= 0.3 is 0 Å². The molecule has 0 saturated carbocycles. The van der Waals surface area contributed by atoms with E-state index in [0.717, 1.165) is 20.9 Å². The van der Waals surface area contributed by atoms with Crippen LogP contribution in [0.4, 0.5) is 0 Å². The monoisotopic (exact) mass is 406 g/mol. The molecule has 146 valence electrons. The molecule has 0 atom stereocenters. The molecule has 1 aromatic heterocycles. The Labute approximate surface area is 165 Å². The Bertz CT molecular complexity index is 923. The predicted octanol–water partition coefficient (Wildman–Crippen LogP) is 3.64. The third-order valence-electron chi connectivity index (χ3n) is 4.98. The first-order valence-electron chi connectivity index (χ1n) is 9.16. The Morgan fingerprint density at radius 1 is 1.04 bits per heavy atom. The second-order valence-corrected chi connectivity index (χ2v) is 10.6. The summed E-state index contributed by atoms with van der Waals surface area (Å²) in [5.41, 5.74) is 1.85. The van der Waals surface area contributed by atoms with Crippen LogP contribution in [0.5, 0.6) is 0 Å². The molecular formula is C20H26N2O3S2. The predicted molar refractivity (Wildman–Crippen MR) is 109 cm³/mol. The molecule has 1 aliphatic heterocycles. The minimum Gasteiger partial charge on any atom is -0.336 e. The number of nitrogens with zero attached hydrogens (tertiary/aromatic N) is 2. The van der Waals surface area contributed by atoms with Crippen molar-refractivity contribution < 1.29 is 13.2 Å². The van der Waals surface area contributed by atoms with Crippen molar-refractivity contribution in [3.05, 3.63) is 51.2 Å². The van der Waals surface area contributed by atoms with E-state index >= 15 is 0 Å². The molecule has 2 heterocycles. The van der Waals surface area contributed by atoms with Crippen LogP contribution in [0.2, 0.25) is 0 Å². The molecule has 1 aliphatic rings. The van der Waals surface area contributed by atoms with Crippen LogP contribution in [0.25, 0.3) is 0 Å². The Morgan fingerprint density at radius 3 is 2.11 bits per heavy atom. The van der Waals surface area contributed by atoms with Crippen molar-refractivity contribution >= 4 is 27.3 Å². The molecule has 1 amide bonds. The molecule has 1 aromatic carbocycles. The fraction of sp³-hybridized carbons (Fsp3) is 0.450. The van der Waals surface area contributed by atoms with Crippen molar-refractivity contribution in [1.29, 1.82) is 0 Å². The van der Waals surface area contributed by atoms with Gasteiger partial charge in [0, 0.05) is 35.9 Å². The summed E-state index contributed by atoms with van der Waals surface area (Å²) in [5, 5.41) is 0. The van der Waals surface area contributed by atoms with E-state index in [9.17, 15) is 13.2 Å². The molecule has 0 unspecified atom stereocenters. The fourth-order valence-corrected chi connectivity index (χ4v) is 5.66. The molecule has 7 heteroatoms. The standard InChI is InChI=1S/C20H26N2O3S2/c1-14(2)17-5-7-18(8-6-17)27(24,25)22-11-9-21(10-12-22)20(23)19-13-15(3)26-16(19)4/h5-8,13-14H,9-12H2,1-4H3. The highest BCUT2D eigenvalue weighted by atomic mass is 32.2. The first-order valence-corrected chi connectivity index (χ1v) is 11.4. The molecule has 0 bridgehead atoms. The third-order valence-corrected chi connectivity index (χ3v) is 7.86. The quantitative estimate of drug-likeness (QED) is 0.779. The molecule has 3 rings (SSSR count). The zero-order valence-electron chi connectivity index (χ0n) is 16.2. The average molecular weight is 407 g/mol. The molecule has 0 radical (unpaired) electrons. The van der Waals surface area contributed by atoms with E-state index in [1.54, 1.807) is 28.4 Å². The summed E-state index contributed by atoms with van der Waals surface area (Å²) in [4.78, 5) is 16.9. The maximum Gasteiger partial charge on any atom is 0.255 e. The lowest BCUT2D eigenvalue weighted by Crippen LogP contribution is -2.50. The molecule has 1 fully saturated rings. The average Bonchev–Trinajstić information content (AvgIpc) is 2.99. The Hall–Kier alpha value is -1.70. The van der Waals surface area contributed by atoms with Gasteiger partial charge in [0.1, 0.15) is 0 Å². The molecule has 5 nitrogen and oxygen atoms in total. The molecule has 0 aliphatic carbocycles. The van der Waals surface area contributed by atoms with E-state index < -0.39 is 10.0 Å². The molecule has 2 aromatic rings. The number of amides is 1. The smallest absolute Gasteiger partial charge is 0.255 e. The Balaban J connectivity index is 1.69. The van der Waals surface area contributed by atoms with Crippen molar-refractivity contribution in [1.82, 2.24) is 9.21 Å². The highest BCUT2D eigenvalue weighted by Crippen LogP contribution is 2.24. The molecule has 27 heavy (non-hydrogen) atoms. The van der Waals surface area contributed by atoms with Crippen LogP contribution in [-0.4, -0.2) is 49.7 Å². The second-order valence-electron chi connectivity index (χ2n) is 7.25. The second kappa shape index (κ2) is 7.73. The number of sulfonamides is 1. The number of carbonyl (C=O) groups is 1. The summed E-state index contributed by atoms with van der Waals surface area (Å²) in [5.74, 6) is 0.357. The van der Waals surface area contributed by atoms with E-state index in [0.29, 0.717) is 37.0 Å². The van der Waals surface area contributed by atoms with Crippen LogP contribution in [0.3, 0.4) is 0 Å². The van der Waals surface area contributed by atoms with Crippen LogP contribution in [0.1, 0.15) is 45.4 Å². The van der Waals surface area contributed by atoms with E-state index in [1.165, 1.54) is 4.31 Å². The largest absolute Gasteiger partial charge is 0.336 e. The summed E-state index contributed by atoms with van der Waals surface area (Å²) in [7, 11) is -3.52. The maximum atomic E-state index is 12.9. The van der Waals surface area contributed by atoms with Crippen molar-refractivity contribution in [2.24, 2.45) is 0 Å². The van der Waals surface area contributed by atoms with Gasteiger partial charge in [-0.25, -0.2) is 8.42 Å². The van der Waals surface area contributed by atoms with Gasteiger partial charge in [0.25, 0.3) is 5.91 Å². The van der Waals surface area contributed by atoms with E-state index in [-0.39, 0.29) is 5.91 Å². The lowest BCUT2D eigenvalue weighted by atomic mass is 10.0. The third kappa shape index (κ3) is 4.10. The van der Waals surface area contributed by atoms with Gasteiger partial charge in [0.05, 0.1) is 10.5 Å². The van der Waals surface area contributed by atoms with Gasteiger partial charge in [-0.1, -0.05) is 26.0 Å². The van der Waals surface area contributed by atoms with Crippen molar-refractivity contribution in [3.63, 3.8) is 0 Å². The van der Waals surface area contributed by atoms with Gasteiger partial charge in [0.15, 0.2) is 0 Å². The van der Waals surface area contributed by atoms with Gasteiger partial charge in [-0.2, -0.15) is 4.31 Å².